The number of hydrogen-bond donors (Lipinski definition) is 0. The van der Waals surface area contributed by atoms with Gasteiger partial charge >= 0.3 is 0 Å². The van der Waals surface area contributed by atoms with Crippen molar-refractivity contribution in [2.24, 2.45) is 11.8 Å². The SMILES string of the molecule is CC(=O)CCC1CCCCC1C#N. The summed E-state index contributed by atoms with van der Waals surface area (Å²) >= 11 is 0. The summed E-state index contributed by atoms with van der Waals surface area (Å²) < 4.78 is 0. The molecule has 0 heterocycles. The summed E-state index contributed by atoms with van der Waals surface area (Å²) in [5.74, 6) is 0.956. The van der Waals surface area contributed by atoms with Crippen LogP contribution in [-0.2, 0) is 4.79 Å². The van der Waals surface area contributed by atoms with Gasteiger partial charge in [0.2, 0.25) is 0 Å². The van der Waals surface area contributed by atoms with Gasteiger partial charge in [-0.2, -0.15) is 5.26 Å². The van der Waals surface area contributed by atoms with Gasteiger partial charge < -0.3 is 4.79 Å². The molecule has 0 aliphatic heterocycles. The Hall–Kier alpha value is -0.840. The largest absolute Gasteiger partial charge is 0.300 e. The van der Waals surface area contributed by atoms with Crippen molar-refractivity contribution in [3.8, 4) is 6.07 Å². The lowest BCUT2D eigenvalue weighted by Crippen LogP contribution is -2.18. The highest BCUT2D eigenvalue weighted by atomic mass is 16.1. The van der Waals surface area contributed by atoms with Crippen molar-refractivity contribution in [1.29, 1.82) is 5.26 Å². The smallest absolute Gasteiger partial charge is 0.129 e. The Labute approximate surface area is 79.9 Å². The van der Waals surface area contributed by atoms with Crippen LogP contribution in [0.5, 0.6) is 0 Å². The predicted molar refractivity (Wildman–Crippen MR) is 51.0 cm³/mol. The van der Waals surface area contributed by atoms with E-state index in [4.69, 9.17) is 5.26 Å². The van der Waals surface area contributed by atoms with E-state index in [0.717, 1.165) is 19.3 Å². The summed E-state index contributed by atoms with van der Waals surface area (Å²) in [6.45, 7) is 1.63. The molecule has 1 aliphatic carbocycles. The van der Waals surface area contributed by atoms with Gasteiger partial charge in [0.15, 0.2) is 0 Å². The van der Waals surface area contributed by atoms with Gasteiger partial charge in [-0.05, 0) is 32.1 Å². The number of rotatable bonds is 3. The highest BCUT2D eigenvalue weighted by Crippen LogP contribution is 2.32. The molecule has 0 aromatic rings. The molecule has 0 saturated heterocycles. The van der Waals surface area contributed by atoms with Gasteiger partial charge in [0.05, 0.1) is 6.07 Å². The number of carbonyl (C=O) groups excluding carboxylic acids is 1. The summed E-state index contributed by atoms with van der Waals surface area (Å²) in [5, 5.41) is 8.89. The van der Waals surface area contributed by atoms with Crippen LogP contribution in [0.15, 0.2) is 0 Å². The molecule has 1 saturated carbocycles. The van der Waals surface area contributed by atoms with Crippen LogP contribution in [0, 0.1) is 23.2 Å². The Bertz CT molecular complexity index is 217. The van der Waals surface area contributed by atoms with E-state index in [-0.39, 0.29) is 11.7 Å². The van der Waals surface area contributed by atoms with Crippen molar-refractivity contribution in [3.63, 3.8) is 0 Å². The topological polar surface area (TPSA) is 40.9 Å². The summed E-state index contributed by atoms with van der Waals surface area (Å²) in [6.07, 6.45) is 6.19. The van der Waals surface area contributed by atoms with Crippen LogP contribution in [0.25, 0.3) is 0 Å². The van der Waals surface area contributed by atoms with E-state index in [1.54, 1.807) is 6.92 Å². The summed E-state index contributed by atoms with van der Waals surface area (Å²) in [7, 11) is 0. The van der Waals surface area contributed by atoms with Crippen LogP contribution in [-0.4, -0.2) is 5.78 Å². The van der Waals surface area contributed by atoms with Crippen LogP contribution >= 0.6 is 0 Å². The molecule has 2 heteroatoms. The molecule has 0 amide bonds. The quantitative estimate of drug-likeness (QED) is 0.668. The summed E-state index contributed by atoms with van der Waals surface area (Å²) in [6, 6.07) is 2.37. The molecule has 2 atom stereocenters. The lowest BCUT2D eigenvalue weighted by Gasteiger charge is -2.26. The van der Waals surface area contributed by atoms with Crippen LogP contribution < -0.4 is 0 Å². The molecule has 0 aromatic carbocycles. The van der Waals surface area contributed by atoms with Crippen LogP contribution in [0.4, 0.5) is 0 Å². The van der Waals surface area contributed by atoms with E-state index >= 15 is 0 Å². The average molecular weight is 179 g/mol. The van der Waals surface area contributed by atoms with Crippen LogP contribution in [0.1, 0.15) is 45.4 Å². The molecule has 1 fully saturated rings. The number of hydrogen-bond acceptors (Lipinski definition) is 2. The van der Waals surface area contributed by atoms with E-state index in [9.17, 15) is 4.79 Å². The monoisotopic (exact) mass is 179 g/mol. The maximum absolute atomic E-state index is 10.8. The van der Waals surface area contributed by atoms with E-state index in [2.05, 4.69) is 6.07 Å². The molecule has 1 aliphatic rings. The Kier molecular flexibility index (Phi) is 3.95. The van der Waals surface area contributed by atoms with E-state index in [1.165, 1.54) is 12.8 Å². The highest BCUT2D eigenvalue weighted by molar-refractivity contribution is 5.75. The molecule has 0 spiro atoms. The maximum Gasteiger partial charge on any atom is 0.129 e. The molecule has 0 aromatic heterocycles. The van der Waals surface area contributed by atoms with Gasteiger partial charge in [-0.1, -0.05) is 12.8 Å². The zero-order chi connectivity index (χ0) is 9.68. The number of nitriles is 1. The van der Waals surface area contributed by atoms with Crippen molar-refractivity contribution in [1.82, 2.24) is 0 Å². The van der Waals surface area contributed by atoms with Gasteiger partial charge in [-0.3, -0.25) is 0 Å². The van der Waals surface area contributed by atoms with E-state index in [1.807, 2.05) is 0 Å². The molecule has 2 nitrogen and oxygen atoms in total. The number of ketones is 1. The van der Waals surface area contributed by atoms with Gasteiger partial charge in [0.25, 0.3) is 0 Å². The third-order valence-corrected chi connectivity index (χ3v) is 2.94. The molecule has 2 unspecified atom stereocenters. The minimum absolute atomic E-state index is 0.216. The second kappa shape index (κ2) is 5.01. The molecule has 0 bridgehead atoms. The molecule has 0 radical (unpaired) electrons. The highest BCUT2D eigenvalue weighted by Gasteiger charge is 2.24. The van der Waals surface area contributed by atoms with Gasteiger partial charge in [-0.15, -0.1) is 0 Å². The number of Topliss-reactive ketones (excluding diaryl/α,β-unsaturated/α-hetero) is 1. The predicted octanol–water partition coefficient (Wildman–Crippen LogP) is 2.69. The Morgan fingerprint density at radius 1 is 1.46 bits per heavy atom. The number of carbonyl (C=O) groups is 1. The first kappa shape index (κ1) is 10.2. The second-order valence-electron chi connectivity index (χ2n) is 4.02. The fourth-order valence-corrected chi connectivity index (χ4v) is 2.11. The minimum atomic E-state index is 0.216. The standard InChI is InChI=1S/C11H17NO/c1-9(13)6-7-10-4-2-3-5-11(10)8-12/h10-11H,2-7H2,1H3. The normalized spacial score (nSPS) is 28.0. The van der Waals surface area contributed by atoms with E-state index < -0.39 is 0 Å². The van der Waals surface area contributed by atoms with Crippen molar-refractivity contribution in [3.05, 3.63) is 0 Å². The Morgan fingerprint density at radius 3 is 2.77 bits per heavy atom. The second-order valence-corrected chi connectivity index (χ2v) is 4.02. The number of nitrogens with zero attached hydrogens (tertiary/aromatic N) is 1. The van der Waals surface area contributed by atoms with Gasteiger partial charge in [0.1, 0.15) is 5.78 Å². The molecular formula is C11H17NO. The average Bonchev–Trinajstić information content (AvgIpc) is 2.15. The lowest BCUT2D eigenvalue weighted by atomic mass is 9.77. The van der Waals surface area contributed by atoms with Crippen molar-refractivity contribution >= 4 is 5.78 Å². The Morgan fingerprint density at radius 2 is 2.15 bits per heavy atom. The molecule has 1 rings (SSSR count). The minimum Gasteiger partial charge on any atom is -0.300 e. The molecule has 13 heavy (non-hydrogen) atoms. The summed E-state index contributed by atoms with van der Waals surface area (Å²) in [4.78, 5) is 10.8. The fourth-order valence-electron chi connectivity index (χ4n) is 2.11. The third-order valence-electron chi connectivity index (χ3n) is 2.94. The van der Waals surface area contributed by atoms with Gasteiger partial charge in [-0.25, -0.2) is 0 Å². The molecule has 72 valence electrons. The first-order chi connectivity index (χ1) is 6.24. The third kappa shape index (κ3) is 3.18. The fraction of sp³-hybridized carbons (Fsp3) is 0.818. The van der Waals surface area contributed by atoms with Crippen LogP contribution in [0.3, 0.4) is 0 Å². The van der Waals surface area contributed by atoms with Gasteiger partial charge in [0, 0.05) is 12.3 Å². The molecular weight excluding hydrogens is 162 g/mol. The first-order valence-corrected chi connectivity index (χ1v) is 5.13. The van der Waals surface area contributed by atoms with Crippen molar-refractivity contribution < 1.29 is 4.79 Å². The van der Waals surface area contributed by atoms with E-state index in [0.29, 0.717) is 12.3 Å². The maximum atomic E-state index is 10.8. The zero-order valence-electron chi connectivity index (χ0n) is 8.25. The Balaban J connectivity index is 2.37. The lowest BCUT2D eigenvalue weighted by molar-refractivity contribution is -0.117. The summed E-state index contributed by atoms with van der Waals surface area (Å²) in [5.41, 5.74) is 0. The van der Waals surface area contributed by atoms with Crippen molar-refractivity contribution in [2.75, 3.05) is 0 Å². The first-order valence-electron chi connectivity index (χ1n) is 5.13. The molecule has 0 N–H and O–H groups in total. The van der Waals surface area contributed by atoms with Crippen molar-refractivity contribution in [2.45, 2.75) is 45.4 Å². The zero-order valence-corrected chi connectivity index (χ0v) is 8.25. The van der Waals surface area contributed by atoms with Crippen LogP contribution in [0.2, 0.25) is 0 Å².